The molecule has 1 aromatic carbocycles. The predicted octanol–water partition coefficient (Wildman–Crippen LogP) is 2.22. The first kappa shape index (κ1) is 14.2. The summed E-state index contributed by atoms with van der Waals surface area (Å²) in [6.45, 7) is 0.930. The Kier molecular flexibility index (Phi) is 5.64. The third-order valence-corrected chi connectivity index (χ3v) is 3.35. The SMILES string of the molecule is CSCCCNc1ccc(NS(C)(=O)=O)cc1. The molecule has 0 aliphatic rings. The van der Waals surface area contributed by atoms with Gasteiger partial charge in [0, 0.05) is 17.9 Å². The van der Waals surface area contributed by atoms with Crippen molar-refractivity contribution in [2.24, 2.45) is 0 Å². The molecular formula is C11H18N2O2S2. The summed E-state index contributed by atoms with van der Waals surface area (Å²) in [5.41, 5.74) is 1.59. The Balaban J connectivity index is 2.45. The van der Waals surface area contributed by atoms with E-state index in [1.54, 1.807) is 12.1 Å². The monoisotopic (exact) mass is 274 g/mol. The molecule has 0 saturated heterocycles. The van der Waals surface area contributed by atoms with Crippen molar-refractivity contribution >= 4 is 33.2 Å². The van der Waals surface area contributed by atoms with Gasteiger partial charge in [-0.2, -0.15) is 11.8 Å². The average Bonchev–Trinajstić information content (AvgIpc) is 2.25. The number of hydrogen-bond donors (Lipinski definition) is 2. The zero-order chi connectivity index (χ0) is 12.7. The fourth-order valence-corrected chi connectivity index (χ4v) is 2.32. The lowest BCUT2D eigenvalue weighted by Gasteiger charge is -2.07. The first-order valence-electron chi connectivity index (χ1n) is 5.32. The highest BCUT2D eigenvalue weighted by Crippen LogP contribution is 2.14. The number of sulfonamides is 1. The highest BCUT2D eigenvalue weighted by atomic mass is 32.2. The molecule has 0 radical (unpaired) electrons. The fraction of sp³-hybridized carbons (Fsp3) is 0.455. The number of nitrogens with one attached hydrogen (secondary N) is 2. The zero-order valence-corrected chi connectivity index (χ0v) is 11.7. The second kappa shape index (κ2) is 6.76. The molecular weight excluding hydrogens is 256 g/mol. The minimum atomic E-state index is -3.19. The summed E-state index contributed by atoms with van der Waals surface area (Å²) in [6.07, 6.45) is 4.34. The highest BCUT2D eigenvalue weighted by Gasteiger charge is 2.00. The zero-order valence-electron chi connectivity index (χ0n) is 10.1. The maximum Gasteiger partial charge on any atom is 0.229 e. The van der Waals surface area contributed by atoms with Crippen LogP contribution in [-0.2, 0) is 10.0 Å². The van der Waals surface area contributed by atoms with Gasteiger partial charge in [0.1, 0.15) is 0 Å². The van der Waals surface area contributed by atoms with Crippen LogP contribution in [0.5, 0.6) is 0 Å². The maximum atomic E-state index is 11.0. The number of thioether (sulfide) groups is 1. The summed E-state index contributed by atoms with van der Waals surface area (Å²) in [4.78, 5) is 0. The van der Waals surface area contributed by atoms with Crippen LogP contribution in [0.1, 0.15) is 6.42 Å². The second-order valence-corrected chi connectivity index (χ2v) is 6.46. The van der Waals surface area contributed by atoms with Gasteiger partial charge in [0.15, 0.2) is 0 Å². The molecule has 0 bridgehead atoms. The van der Waals surface area contributed by atoms with Gasteiger partial charge in [-0.1, -0.05) is 0 Å². The van der Waals surface area contributed by atoms with Crippen LogP contribution in [0.3, 0.4) is 0 Å². The standard InChI is InChI=1S/C11H18N2O2S2/c1-16-9-3-8-12-10-4-6-11(7-5-10)13-17(2,14)15/h4-7,12-13H,3,8-9H2,1-2H3. The molecule has 0 atom stereocenters. The molecule has 0 amide bonds. The molecule has 96 valence electrons. The third kappa shape index (κ3) is 6.43. The molecule has 0 unspecified atom stereocenters. The third-order valence-electron chi connectivity index (χ3n) is 2.04. The summed E-state index contributed by atoms with van der Waals surface area (Å²) >= 11 is 1.83. The van der Waals surface area contributed by atoms with Crippen molar-refractivity contribution < 1.29 is 8.42 Å². The number of benzene rings is 1. The summed E-state index contributed by atoms with van der Waals surface area (Å²) in [5.74, 6) is 1.14. The van der Waals surface area contributed by atoms with Crippen LogP contribution in [0.2, 0.25) is 0 Å². The molecule has 0 saturated carbocycles. The van der Waals surface area contributed by atoms with E-state index in [9.17, 15) is 8.42 Å². The van der Waals surface area contributed by atoms with E-state index >= 15 is 0 Å². The van der Waals surface area contributed by atoms with E-state index in [2.05, 4.69) is 16.3 Å². The Morgan fingerprint density at radius 2 is 1.76 bits per heavy atom. The summed E-state index contributed by atoms with van der Waals surface area (Å²) in [6, 6.07) is 7.23. The molecule has 1 aromatic rings. The van der Waals surface area contributed by atoms with Gasteiger partial charge in [-0.25, -0.2) is 8.42 Å². The van der Waals surface area contributed by atoms with Gasteiger partial charge in [0.05, 0.1) is 6.26 Å². The van der Waals surface area contributed by atoms with Crippen molar-refractivity contribution in [1.29, 1.82) is 0 Å². The molecule has 17 heavy (non-hydrogen) atoms. The van der Waals surface area contributed by atoms with E-state index in [1.165, 1.54) is 0 Å². The van der Waals surface area contributed by atoms with Crippen molar-refractivity contribution in [1.82, 2.24) is 0 Å². The molecule has 4 nitrogen and oxygen atoms in total. The van der Waals surface area contributed by atoms with Crippen LogP contribution in [0.25, 0.3) is 0 Å². The first-order valence-corrected chi connectivity index (χ1v) is 8.60. The fourth-order valence-electron chi connectivity index (χ4n) is 1.32. The summed E-state index contributed by atoms with van der Waals surface area (Å²) < 4.78 is 24.4. The molecule has 0 aliphatic heterocycles. The van der Waals surface area contributed by atoms with Gasteiger partial charge >= 0.3 is 0 Å². The Morgan fingerprint density at radius 3 is 2.29 bits per heavy atom. The minimum Gasteiger partial charge on any atom is -0.385 e. The topological polar surface area (TPSA) is 58.2 Å². The van der Waals surface area contributed by atoms with Gasteiger partial charge in [0.2, 0.25) is 10.0 Å². The Labute approximate surface area is 107 Å². The van der Waals surface area contributed by atoms with Crippen LogP contribution < -0.4 is 10.0 Å². The molecule has 6 heteroatoms. The first-order chi connectivity index (χ1) is 8.01. The van der Waals surface area contributed by atoms with E-state index in [4.69, 9.17) is 0 Å². The summed E-state index contributed by atoms with van der Waals surface area (Å²) in [5, 5.41) is 3.28. The number of hydrogen-bond acceptors (Lipinski definition) is 4. The Morgan fingerprint density at radius 1 is 1.18 bits per heavy atom. The largest absolute Gasteiger partial charge is 0.385 e. The smallest absolute Gasteiger partial charge is 0.229 e. The van der Waals surface area contributed by atoms with E-state index in [-0.39, 0.29) is 0 Å². The van der Waals surface area contributed by atoms with E-state index < -0.39 is 10.0 Å². The number of anilines is 2. The molecule has 0 heterocycles. The van der Waals surface area contributed by atoms with E-state index in [1.807, 2.05) is 23.9 Å². The lowest BCUT2D eigenvalue weighted by atomic mass is 10.3. The van der Waals surface area contributed by atoms with Crippen LogP contribution >= 0.6 is 11.8 Å². The molecule has 1 rings (SSSR count). The molecule has 0 fully saturated rings. The van der Waals surface area contributed by atoms with E-state index in [0.29, 0.717) is 5.69 Å². The number of rotatable bonds is 7. The maximum absolute atomic E-state index is 11.0. The van der Waals surface area contributed by atoms with E-state index in [0.717, 1.165) is 30.7 Å². The molecule has 2 N–H and O–H groups in total. The summed E-state index contributed by atoms with van der Waals surface area (Å²) in [7, 11) is -3.19. The Bertz CT molecular complexity index is 429. The molecule has 0 aliphatic carbocycles. The second-order valence-electron chi connectivity index (χ2n) is 3.72. The quantitative estimate of drug-likeness (QED) is 0.749. The van der Waals surface area contributed by atoms with Gasteiger partial charge < -0.3 is 5.32 Å². The van der Waals surface area contributed by atoms with Crippen LogP contribution in [0.15, 0.2) is 24.3 Å². The normalized spacial score (nSPS) is 11.2. The van der Waals surface area contributed by atoms with Crippen LogP contribution in [0.4, 0.5) is 11.4 Å². The van der Waals surface area contributed by atoms with Crippen LogP contribution in [0, 0.1) is 0 Å². The Hall–Kier alpha value is -0.880. The predicted molar refractivity (Wildman–Crippen MR) is 76.4 cm³/mol. The van der Waals surface area contributed by atoms with Crippen molar-refractivity contribution in [3.05, 3.63) is 24.3 Å². The average molecular weight is 274 g/mol. The molecule has 0 aromatic heterocycles. The lowest BCUT2D eigenvalue weighted by molar-refractivity contribution is 0.607. The van der Waals surface area contributed by atoms with Gasteiger partial charge in [-0.05, 0) is 42.7 Å². The van der Waals surface area contributed by atoms with Gasteiger partial charge in [-0.3, -0.25) is 4.72 Å². The highest BCUT2D eigenvalue weighted by molar-refractivity contribution is 7.98. The van der Waals surface area contributed by atoms with Crippen molar-refractivity contribution in [3.63, 3.8) is 0 Å². The lowest BCUT2D eigenvalue weighted by Crippen LogP contribution is -2.09. The van der Waals surface area contributed by atoms with Gasteiger partial charge in [0.25, 0.3) is 0 Å². The van der Waals surface area contributed by atoms with Crippen molar-refractivity contribution in [2.45, 2.75) is 6.42 Å². The van der Waals surface area contributed by atoms with Crippen LogP contribution in [-0.4, -0.2) is 33.2 Å². The van der Waals surface area contributed by atoms with Gasteiger partial charge in [-0.15, -0.1) is 0 Å². The molecule has 0 spiro atoms. The van der Waals surface area contributed by atoms with Crippen molar-refractivity contribution in [2.75, 3.05) is 34.8 Å². The minimum absolute atomic E-state index is 0.585. The van der Waals surface area contributed by atoms with Crippen molar-refractivity contribution in [3.8, 4) is 0 Å².